The Morgan fingerprint density at radius 2 is 1.91 bits per heavy atom. The van der Waals surface area contributed by atoms with Crippen LogP contribution in [0, 0.1) is 10.1 Å². The lowest BCUT2D eigenvalue weighted by Gasteiger charge is -2.28. The van der Waals surface area contributed by atoms with Crippen LogP contribution in [-0.2, 0) is 4.74 Å². The lowest BCUT2D eigenvalue weighted by Crippen LogP contribution is -2.36. The second-order valence-electron chi connectivity index (χ2n) is 4.98. The standard InChI is InChI=1S/C15H16N4O3/c16-15-14(19(20)21)12(11-4-2-1-3-5-11)10-13(17-15)18-6-8-22-9-7-18/h1-5,10H,6-9H2,(H2,16,17). The summed E-state index contributed by atoms with van der Waals surface area (Å²) in [6.07, 6.45) is 0. The molecule has 1 aliphatic heterocycles. The molecule has 0 amide bonds. The minimum atomic E-state index is -0.478. The smallest absolute Gasteiger partial charge is 0.319 e. The van der Waals surface area contributed by atoms with E-state index in [4.69, 9.17) is 10.5 Å². The summed E-state index contributed by atoms with van der Waals surface area (Å²) in [4.78, 5) is 17.1. The van der Waals surface area contributed by atoms with Gasteiger partial charge in [0, 0.05) is 13.1 Å². The molecular weight excluding hydrogens is 284 g/mol. The highest BCUT2D eigenvalue weighted by Crippen LogP contribution is 2.36. The Labute approximate surface area is 127 Å². The van der Waals surface area contributed by atoms with Crippen LogP contribution in [0.4, 0.5) is 17.3 Å². The van der Waals surface area contributed by atoms with E-state index >= 15 is 0 Å². The molecule has 2 aromatic rings. The van der Waals surface area contributed by atoms with Crippen molar-refractivity contribution in [1.29, 1.82) is 0 Å². The summed E-state index contributed by atoms with van der Waals surface area (Å²) in [5.41, 5.74) is 6.94. The second-order valence-corrected chi connectivity index (χ2v) is 4.98. The first-order valence-corrected chi connectivity index (χ1v) is 7.00. The van der Waals surface area contributed by atoms with Crippen LogP contribution in [-0.4, -0.2) is 36.2 Å². The van der Waals surface area contributed by atoms with E-state index in [1.807, 2.05) is 35.2 Å². The molecule has 1 aromatic heterocycles. The summed E-state index contributed by atoms with van der Waals surface area (Å²) >= 11 is 0. The maximum absolute atomic E-state index is 11.4. The molecule has 2 heterocycles. The molecule has 1 saturated heterocycles. The Hall–Kier alpha value is -2.67. The number of nitrogens with zero attached hydrogens (tertiary/aromatic N) is 3. The largest absolute Gasteiger partial charge is 0.378 e. The number of aromatic nitrogens is 1. The zero-order chi connectivity index (χ0) is 15.5. The second kappa shape index (κ2) is 5.98. The maximum Gasteiger partial charge on any atom is 0.319 e. The van der Waals surface area contributed by atoms with Crippen LogP contribution in [0.15, 0.2) is 36.4 Å². The topological polar surface area (TPSA) is 94.5 Å². The van der Waals surface area contributed by atoms with Gasteiger partial charge in [-0.15, -0.1) is 0 Å². The van der Waals surface area contributed by atoms with Crippen LogP contribution in [0.1, 0.15) is 0 Å². The quantitative estimate of drug-likeness (QED) is 0.689. The van der Waals surface area contributed by atoms with Gasteiger partial charge in [-0.1, -0.05) is 30.3 Å². The van der Waals surface area contributed by atoms with Crippen LogP contribution < -0.4 is 10.6 Å². The highest BCUT2D eigenvalue weighted by atomic mass is 16.6. The fourth-order valence-corrected chi connectivity index (χ4v) is 2.53. The highest BCUT2D eigenvalue weighted by Gasteiger charge is 2.24. The maximum atomic E-state index is 11.4. The van der Waals surface area contributed by atoms with Gasteiger partial charge in [-0.05, 0) is 11.6 Å². The van der Waals surface area contributed by atoms with Crippen molar-refractivity contribution in [2.75, 3.05) is 36.9 Å². The molecule has 1 aliphatic rings. The fourth-order valence-electron chi connectivity index (χ4n) is 2.53. The molecule has 0 bridgehead atoms. The number of anilines is 2. The van der Waals surface area contributed by atoms with Gasteiger partial charge in [0.2, 0.25) is 5.82 Å². The van der Waals surface area contributed by atoms with E-state index in [1.54, 1.807) is 6.07 Å². The zero-order valence-corrected chi connectivity index (χ0v) is 11.9. The Kier molecular flexibility index (Phi) is 3.88. The summed E-state index contributed by atoms with van der Waals surface area (Å²) < 4.78 is 5.32. The van der Waals surface area contributed by atoms with Gasteiger partial charge in [-0.3, -0.25) is 10.1 Å². The summed E-state index contributed by atoms with van der Waals surface area (Å²) in [6.45, 7) is 2.61. The van der Waals surface area contributed by atoms with E-state index in [2.05, 4.69) is 4.98 Å². The monoisotopic (exact) mass is 300 g/mol. The predicted molar refractivity (Wildman–Crippen MR) is 83.8 cm³/mol. The summed E-state index contributed by atoms with van der Waals surface area (Å²) in [5, 5.41) is 11.4. The van der Waals surface area contributed by atoms with Crippen LogP contribution in [0.5, 0.6) is 0 Å². The van der Waals surface area contributed by atoms with Gasteiger partial charge >= 0.3 is 5.69 Å². The molecule has 22 heavy (non-hydrogen) atoms. The SMILES string of the molecule is Nc1nc(N2CCOCC2)cc(-c2ccccc2)c1[N+](=O)[O-]. The van der Waals surface area contributed by atoms with Gasteiger partial charge in [0.05, 0.1) is 23.7 Å². The molecule has 0 spiro atoms. The first-order valence-electron chi connectivity index (χ1n) is 7.00. The van der Waals surface area contributed by atoms with Crippen molar-refractivity contribution in [3.05, 3.63) is 46.5 Å². The van der Waals surface area contributed by atoms with Gasteiger partial charge in [0.15, 0.2) is 0 Å². The van der Waals surface area contributed by atoms with Crippen molar-refractivity contribution < 1.29 is 9.66 Å². The first-order chi connectivity index (χ1) is 10.7. The first kappa shape index (κ1) is 14.3. The number of morpholine rings is 1. The molecule has 0 saturated carbocycles. The van der Waals surface area contributed by atoms with Crippen molar-refractivity contribution in [2.24, 2.45) is 0 Å². The van der Waals surface area contributed by atoms with Crippen molar-refractivity contribution in [2.45, 2.75) is 0 Å². The number of pyridine rings is 1. The van der Waals surface area contributed by atoms with E-state index in [0.29, 0.717) is 37.7 Å². The minimum absolute atomic E-state index is 0.0622. The summed E-state index contributed by atoms with van der Waals surface area (Å²) in [7, 11) is 0. The highest BCUT2D eigenvalue weighted by molar-refractivity contribution is 5.82. The van der Waals surface area contributed by atoms with Crippen molar-refractivity contribution >= 4 is 17.3 Å². The molecule has 7 nitrogen and oxygen atoms in total. The number of benzene rings is 1. The number of nitro groups is 1. The lowest BCUT2D eigenvalue weighted by molar-refractivity contribution is -0.383. The molecule has 1 aromatic carbocycles. The normalized spacial score (nSPS) is 14.8. The zero-order valence-electron chi connectivity index (χ0n) is 11.9. The number of rotatable bonds is 3. The summed E-state index contributed by atoms with van der Waals surface area (Å²) in [5.74, 6) is 0.582. The number of ether oxygens (including phenoxy) is 1. The fraction of sp³-hybridized carbons (Fsp3) is 0.267. The van der Waals surface area contributed by atoms with Gasteiger partial charge in [0.1, 0.15) is 5.82 Å². The van der Waals surface area contributed by atoms with Crippen LogP contribution in [0.3, 0.4) is 0 Å². The van der Waals surface area contributed by atoms with E-state index in [9.17, 15) is 10.1 Å². The van der Waals surface area contributed by atoms with E-state index in [0.717, 1.165) is 5.56 Å². The predicted octanol–water partition coefficient (Wildman–Crippen LogP) is 2.08. The van der Waals surface area contributed by atoms with E-state index in [1.165, 1.54) is 0 Å². The van der Waals surface area contributed by atoms with Crippen molar-refractivity contribution in [3.63, 3.8) is 0 Å². The van der Waals surface area contributed by atoms with Gasteiger partial charge in [0.25, 0.3) is 0 Å². The number of nitrogen functional groups attached to an aromatic ring is 1. The third-order valence-corrected chi connectivity index (χ3v) is 3.61. The summed E-state index contributed by atoms with van der Waals surface area (Å²) in [6, 6.07) is 10.9. The van der Waals surface area contributed by atoms with Crippen molar-refractivity contribution in [1.82, 2.24) is 4.98 Å². The Balaban J connectivity index is 2.12. The molecule has 2 N–H and O–H groups in total. The molecular formula is C15H16N4O3. The molecule has 114 valence electrons. The number of nitrogens with two attached hydrogens (primary N) is 1. The van der Waals surface area contributed by atoms with Crippen LogP contribution in [0.2, 0.25) is 0 Å². The molecule has 0 atom stereocenters. The Bertz CT molecular complexity index is 685. The number of hydrogen-bond donors (Lipinski definition) is 1. The van der Waals surface area contributed by atoms with Crippen molar-refractivity contribution in [3.8, 4) is 11.1 Å². The van der Waals surface area contributed by atoms with Gasteiger partial charge < -0.3 is 15.4 Å². The van der Waals surface area contributed by atoms with Gasteiger partial charge in [-0.25, -0.2) is 4.98 Å². The number of hydrogen-bond acceptors (Lipinski definition) is 6. The molecule has 1 fully saturated rings. The lowest BCUT2D eigenvalue weighted by atomic mass is 10.0. The molecule has 0 aliphatic carbocycles. The molecule has 3 rings (SSSR count). The van der Waals surface area contributed by atoms with E-state index in [-0.39, 0.29) is 11.5 Å². The van der Waals surface area contributed by atoms with Gasteiger partial charge in [-0.2, -0.15) is 0 Å². The average molecular weight is 300 g/mol. The van der Waals surface area contributed by atoms with E-state index < -0.39 is 4.92 Å². The molecule has 0 unspecified atom stereocenters. The Morgan fingerprint density at radius 1 is 1.23 bits per heavy atom. The third-order valence-electron chi connectivity index (χ3n) is 3.61. The van der Waals surface area contributed by atoms with Crippen LogP contribution >= 0.6 is 0 Å². The van der Waals surface area contributed by atoms with Crippen LogP contribution in [0.25, 0.3) is 11.1 Å². The third kappa shape index (κ3) is 2.71. The molecule has 0 radical (unpaired) electrons. The minimum Gasteiger partial charge on any atom is -0.378 e. The Morgan fingerprint density at radius 3 is 2.55 bits per heavy atom. The average Bonchev–Trinajstić information content (AvgIpc) is 2.55. The molecule has 7 heteroatoms.